The van der Waals surface area contributed by atoms with Crippen LogP contribution in [0.25, 0.3) is 0 Å². The lowest BCUT2D eigenvalue weighted by atomic mass is 10.2. The lowest BCUT2D eigenvalue weighted by Crippen LogP contribution is -2.18. The Morgan fingerprint density at radius 1 is 1.56 bits per heavy atom. The van der Waals surface area contributed by atoms with Crippen LogP contribution in [-0.4, -0.2) is 42.5 Å². The van der Waals surface area contributed by atoms with Crippen LogP contribution in [-0.2, 0) is 9.84 Å². The molecule has 0 atom stereocenters. The summed E-state index contributed by atoms with van der Waals surface area (Å²) in [5.41, 5.74) is 5.55. The molecule has 8 heteroatoms. The van der Waals surface area contributed by atoms with E-state index in [-0.39, 0.29) is 35.1 Å². The van der Waals surface area contributed by atoms with Crippen molar-refractivity contribution in [1.82, 2.24) is 4.98 Å². The number of aromatic nitrogens is 1. The van der Waals surface area contributed by atoms with Gasteiger partial charge in [-0.3, -0.25) is 0 Å². The van der Waals surface area contributed by atoms with Gasteiger partial charge in [0.2, 0.25) is 0 Å². The van der Waals surface area contributed by atoms with E-state index in [1.54, 1.807) is 6.92 Å². The molecule has 0 bridgehead atoms. The summed E-state index contributed by atoms with van der Waals surface area (Å²) >= 11 is 0. The largest absolute Gasteiger partial charge is 0.478 e. The fourth-order valence-corrected chi connectivity index (χ4v) is 1.97. The van der Waals surface area contributed by atoms with E-state index in [1.165, 1.54) is 12.3 Å². The molecular formula is C10H15N3O4S. The number of sulfone groups is 1. The van der Waals surface area contributed by atoms with Crippen molar-refractivity contribution in [3.8, 4) is 0 Å². The molecule has 0 aliphatic carbocycles. The number of hydrogen-bond donors (Lipinski definition) is 3. The fraction of sp³-hybridized carbons (Fsp3) is 0.400. The zero-order valence-corrected chi connectivity index (χ0v) is 10.7. The number of hydrogen-bond acceptors (Lipinski definition) is 6. The molecule has 7 nitrogen and oxygen atoms in total. The highest BCUT2D eigenvalue weighted by molar-refractivity contribution is 7.91. The number of nitrogens with zero attached hydrogens (tertiary/aromatic N) is 1. The Morgan fingerprint density at radius 2 is 2.22 bits per heavy atom. The van der Waals surface area contributed by atoms with Crippen molar-refractivity contribution in [2.45, 2.75) is 6.92 Å². The highest BCUT2D eigenvalue weighted by Crippen LogP contribution is 2.19. The van der Waals surface area contributed by atoms with Gasteiger partial charge in [0.25, 0.3) is 0 Å². The van der Waals surface area contributed by atoms with Crippen molar-refractivity contribution in [1.29, 1.82) is 0 Å². The summed E-state index contributed by atoms with van der Waals surface area (Å²) < 4.78 is 22.5. The number of rotatable bonds is 6. The average molecular weight is 273 g/mol. The molecule has 1 aromatic heterocycles. The summed E-state index contributed by atoms with van der Waals surface area (Å²) in [5, 5.41) is 11.6. The zero-order chi connectivity index (χ0) is 13.8. The van der Waals surface area contributed by atoms with Crippen LogP contribution in [0.15, 0.2) is 12.3 Å². The van der Waals surface area contributed by atoms with Crippen LogP contribution in [0.2, 0.25) is 0 Å². The van der Waals surface area contributed by atoms with Crippen LogP contribution in [0.1, 0.15) is 17.3 Å². The third-order valence-corrected chi connectivity index (χ3v) is 4.07. The Kier molecular flexibility index (Phi) is 4.49. The molecule has 0 aliphatic rings. The monoisotopic (exact) mass is 273 g/mol. The minimum absolute atomic E-state index is 0.00102. The van der Waals surface area contributed by atoms with Crippen molar-refractivity contribution >= 4 is 27.3 Å². The first-order valence-electron chi connectivity index (χ1n) is 5.29. The average Bonchev–Trinajstić information content (AvgIpc) is 2.31. The Hall–Kier alpha value is -1.83. The number of nitrogen functional groups attached to an aromatic ring is 1. The summed E-state index contributed by atoms with van der Waals surface area (Å²) in [6, 6.07) is 1.28. The van der Waals surface area contributed by atoms with Crippen LogP contribution in [0.3, 0.4) is 0 Å². The lowest BCUT2D eigenvalue weighted by Gasteiger charge is -2.09. The number of aromatic carboxylic acids is 1. The van der Waals surface area contributed by atoms with Crippen LogP contribution >= 0.6 is 0 Å². The van der Waals surface area contributed by atoms with E-state index in [2.05, 4.69) is 10.3 Å². The first-order valence-corrected chi connectivity index (χ1v) is 7.11. The van der Waals surface area contributed by atoms with E-state index in [4.69, 9.17) is 10.8 Å². The molecular weight excluding hydrogens is 258 g/mol. The lowest BCUT2D eigenvalue weighted by molar-refractivity contribution is 0.0698. The molecule has 0 aliphatic heterocycles. The number of pyridine rings is 1. The Bertz CT molecular complexity index is 542. The third kappa shape index (κ3) is 3.59. The van der Waals surface area contributed by atoms with Crippen molar-refractivity contribution in [2.24, 2.45) is 0 Å². The molecule has 1 aromatic rings. The molecule has 0 fully saturated rings. The molecule has 0 amide bonds. The van der Waals surface area contributed by atoms with E-state index in [1.807, 2.05) is 0 Å². The Morgan fingerprint density at radius 3 is 2.78 bits per heavy atom. The number of carboxylic acid groups (broad SMARTS) is 1. The molecule has 100 valence electrons. The summed E-state index contributed by atoms with van der Waals surface area (Å²) in [5.74, 6) is -0.963. The van der Waals surface area contributed by atoms with Crippen LogP contribution in [0.4, 0.5) is 11.5 Å². The van der Waals surface area contributed by atoms with Gasteiger partial charge in [0.1, 0.15) is 5.82 Å². The van der Waals surface area contributed by atoms with E-state index in [0.717, 1.165) is 0 Å². The molecule has 0 unspecified atom stereocenters. The minimum Gasteiger partial charge on any atom is -0.478 e. The van der Waals surface area contributed by atoms with Gasteiger partial charge in [-0.25, -0.2) is 18.2 Å². The van der Waals surface area contributed by atoms with Gasteiger partial charge in [0.15, 0.2) is 9.84 Å². The Balaban J connectivity index is 2.75. The van der Waals surface area contributed by atoms with Crippen LogP contribution < -0.4 is 11.1 Å². The third-order valence-electron chi connectivity index (χ3n) is 2.37. The quantitative estimate of drug-likeness (QED) is 0.677. The smallest absolute Gasteiger partial charge is 0.337 e. The van der Waals surface area contributed by atoms with Gasteiger partial charge in [-0.05, 0) is 6.07 Å². The predicted octanol–water partition coefficient (Wildman–Crippen LogP) is 0.209. The van der Waals surface area contributed by atoms with Gasteiger partial charge in [-0.15, -0.1) is 0 Å². The van der Waals surface area contributed by atoms with Gasteiger partial charge in [0, 0.05) is 18.5 Å². The summed E-state index contributed by atoms with van der Waals surface area (Å²) in [7, 11) is -3.08. The van der Waals surface area contributed by atoms with Crippen molar-refractivity contribution in [3.05, 3.63) is 17.8 Å². The van der Waals surface area contributed by atoms with E-state index in [0.29, 0.717) is 0 Å². The molecule has 0 spiro atoms. The highest BCUT2D eigenvalue weighted by atomic mass is 32.2. The topological polar surface area (TPSA) is 122 Å². The number of nitrogens with two attached hydrogens (primary N) is 1. The summed E-state index contributed by atoms with van der Waals surface area (Å²) in [4.78, 5) is 14.7. The summed E-state index contributed by atoms with van der Waals surface area (Å²) in [6.07, 6.45) is 1.30. The maximum atomic E-state index is 11.3. The van der Waals surface area contributed by atoms with Gasteiger partial charge in [0.05, 0.1) is 17.0 Å². The molecule has 0 aromatic carbocycles. The molecule has 18 heavy (non-hydrogen) atoms. The molecule has 0 saturated carbocycles. The van der Waals surface area contributed by atoms with Crippen LogP contribution in [0.5, 0.6) is 0 Å². The number of carbonyl (C=O) groups is 1. The number of nitrogens with one attached hydrogen (secondary N) is 1. The second-order valence-corrected chi connectivity index (χ2v) is 6.06. The SMILES string of the molecule is CCS(=O)(=O)CCNc1nccc(C(=O)O)c1N. The molecule has 0 saturated heterocycles. The van der Waals surface area contributed by atoms with E-state index in [9.17, 15) is 13.2 Å². The van der Waals surface area contributed by atoms with Crippen LogP contribution in [0, 0.1) is 0 Å². The summed E-state index contributed by atoms with van der Waals surface area (Å²) in [6.45, 7) is 1.70. The fourth-order valence-electron chi connectivity index (χ4n) is 1.27. The highest BCUT2D eigenvalue weighted by Gasteiger charge is 2.13. The number of anilines is 2. The number of carboxylic acids is 1. The van der Waals surface area contributed by atoms with Crippen molar-refractivity contribution < 1.29 is 18.3 Å². The maximum Gasteiger partial charge on any atom is 0.337 e. The predicted molar refractivity (Wildman–Crippen MR) is 68.4 cm³/mol. The van der Waals surface area contributed by atoms with Gasteiger partial charge >= 0.3 is 5.97 Å². The maximum absolute atomic E-state index is 11.3. The second kappa shape index (κ2) is 5.67. The van der Waals surface area contributed by atoms with Gasteiger partial charge in [-0.1, -0.05) is 6.92 Å². The van der Waals surface area contributed by atoms with Crippen molar-refractivity contribution in [2.75, 3.05) is 29.1 Å². The van der Waals surface area contributed by atoms with Crippen molar-refractivity contribution in [3.63, 3.8) is 0 Å². The normalized spacial score (nSPS) is 11.2. The van der Waals surface area contributed by atoms with E-state index < -0.39 is 15.8 Å². The first kappa shape index (κ1) is 14.2. The van der Waals surface area contributed by atoms with Gasteiger partial charge in [-0.2, -0.15) is 0 Å². The standard InChI is InChI=1S/C10H15N3O4S/c1-2-18(16,17)6-5-13-9-8(11)7(10(14)15)3-4-12-9/h3-4H,2,5-6,11H2,1H3,(H,12,13)(H,14,15). The second-order valence-electron chi connectivity index (χ2n) is 3.59. The molecule has 1 rings (SSSR count). The van der Waals surface area contributed by atoms with Gasteiger partial charge < -0.3 is 16.2 Å². The molecule has 0 radical (unpaired) electrons. The first-order chi connectivity index (χ1) is 8.37. The molecule has 1 heterocycles. The minimum atomic E-state index is -3.08. The zero-order valence-electron chi connectivity index (χ0n) is 9.88. The van der Waals surface area contributed by atoms with E-state index >= 15 is 0 Å². The molecule has 4 N–H and O–H groups in total. The Labute approximate surface area is 105 Å².